The van der Waals surface area contributed by atoms with Gasteiger partial charge >= 0.3 is 4.87 Å². The number of H-pyrrole nitrogens is 1. The molecular weight excluding hydrogens is 641 g/mol. The molecule has 3 fully saturated rings. The quantitative estimate of drug-likeness (QED) is 0.152. The number of hydrogen-bond acceptors (Lipinski definition) is 9. The zero-order chi connectivity index (χ0) is 32.6. The van der Waals surface area contributed by atoms with E-state index in [4.69, 9.17) is 4.74 Å². The van der Waals surface area contributed by atoms with Crippen LogP contribution in [0.15, 0.2) is 82.6 Å². The van der Waals surface area contributed by atoms with Gasteiger partial charge < -0.3 is 15.0 Å². The average molecular weight is 669 g/mol. The summed E-state index contributed by atoms with van der Waals surface area (Å²) in [6, 6.07) is 20.6. The molecule has 3 amide bonds. The zero-order valence-electron chi connectivity index (χ0n) is 25.0. The van der Waals surface area contributed by atoms with Crippen LogP contribution in [-0.4, -0.2) is 39.5 Å². The number of aromatic amines is 1. The molecule has 4 aromatic rings. The third kappa shape index (κ3) is 4.78. The summed E-state index contributed by atoms with van der Waals surface area (Å²) < 4.78 is 5.79. The molecule has 3 heterocycles. The largest absolute Gasteiger partial charge is 0.484 e. The van der Waals surface area contributed by atoms with Crippen molar-refractivity contribution in [3.05, 3.63) is 109 Å². The fourth-order valence-corrected chi connectivity index (χ4v) is 11.1. The number of aromatic nitrogens is 1. The minimum absolute atomic E-state index is 0.0189. The molecule has 7 atom stereocenters. The summed E-state index contributed by atoms with van der Waals surface area (Å²) in [6.07, 6.45) is 0.746. The van der Waals surface area contributed by atoms with Crippen LogP contribution in [0.1, 0.15) is 28.3 Å². The molecule has 2 aliphatic heterocycles. The van der Waals surface area contributed by atoms with Crippen LogP contribution in [0.2, 0.25) is 0 Å². The maximum Gasteiger partial charge on any atom is 0.305 e. The van der Waals surface area contributed by atoms with Gasteiger partial charge in [0.15, 0.2) is 6.61 Å². The van der Waals surface area contributed by atoms with E-state index in [9.17, 15) is 29.3 Å². The van der Waals surface area contributed by atoms with Crippen LogP contribution < -0.4 is 19.8 Å². The van der Waals surface area contributed by atoms with Gasteiger partial charge in [-0.1, -0.05) is 41.7 Å². The number of non-ortho nitro benzene ring substituents is 1. The summed E-state index contributed by atoms with van der Waals surface area (Å²) in [5, 5.41) is 14.9. The molecule has 0 spiro atoms. The number of nitrogens with zero attached hydrogens (tertiary/aromatic N) is 2. The summed E-state index contributed by atoms with van der Waals surface area (Å²) >= 11 is 2.79. The van der Waals surface area contributed by atoms with Gasteiger partial charge in [-0.2, -0.15) is 0 Å². The van der Waals surface area contributed by atoms with Crippen molar-refractivity contribution in [2.45, 2.75) is 29.5 Å². The first-order chi connectivity index (χ1) is 22.7. The Kier molecular flexibility index (Phi) is 7.06. The van der Waals surface area contributed by atoms with Crippen molar-refractivity contribution in [2.75, 3.05) is 16.8 Å². The van der Waals surface area contributed by atoms with Crippen molar-refractivity contribution in [3.8, 4) is 5.75 Å². The first kappa shape index (κ1) is 29.6. The van der Waals surface area contributed by atoms with Crippen molar-refractivity contribution in [2.24, 2.45) is 29.6 Å². The maximum absolute atomic E-state index is 13.9. The van der Waals surface area contributed by atoms with Gasteiger partial charge in [-0.3, -0.25) is 34.2 Å². The molecule has 4 aliphatic rings. The van der Waals surface area contributed by atoms with Crippen molar-refractivity contribution in [3.63, 3.8) is 0 Å². The average Bonchev–Trinajstić information content (AvgIpc) is 3.80. The molecule has 3 aromatic carbocycles. The Morgan fingerprint density at radius 3 is 2.40 bits per heavy atom. The van der Waals surface area contributed by atoms with Gasteiger partial charge in [-0.05, 0) is 72.6 Å². The third-order valence-electron chi connectivity index (χ3n) is 10.1. The van der Waals surface area contributed by atoms with Crippen LogP contribution in [0.4, 0.5) is 17.1 Å². The van der Waals surface area contributed by atoms with Crippen LogP contribution in [0.3, 0.4) is 0 Å². The highest BCUT2D eigenvalue weighted by Gasteiger charge is 2.69. The van der Waals surface area contributed by atoms with Crippen LogP contribution in [0, 0.1) is 46.6 Å². The Hall–Kier alpha value is -4.75. The second kappa shape index (κ2) is 11.2. The van der Waals surface area contributed by atoms with E-state index in [1.165, 1.54) is 40.5 Å². The van der Waals surface area contributed by atoms with Gasteiger partial charge in [0, 0.05) is 33.9 Å². The zero-order valence-corrected chi connectivity index (χ0v) is 26.6. The van der Waals surface area contributed by atoms with Crippen LogP contribution in [0.25, 0.3) is 0 Å². The number of carbonyl (C=O) groups is 3. The molecule has 8 rings (SSSR count). The fraction of sp³-hybridized carbons (Fsp3) is 0.294. The lowest BCUT2D eigenvalue weighted by atomic mass is 9.68. The number of nitrogens with one attached hydrogen (secondary N) is 2. The molecule has 2 aliphatic carbocycles. The lowest BCUT2D eigenvalue weighted by Gasteiger charge is -2.43. The standard InChI is InChI=1S/C34H28N4O7S2/c1-16-4-2-3-5-23(16)35-24(39)15-45-20-12-6-17(7-13-20)25-26-21-14-22(29(26)46-31-30(25)47-34(42)36-31)28-27(21)32(40)37(33(28)41)18-8-10-19(11-9-18)38(43)44/h2-13,21-22,25-29H,14-15H2,1H3,(H,35,39)(H,36,42)/t21-,22-,25+,26-,27+,28+,29-/m1/s1. The van der Waals surface area contributed by atoms with E-state index in [1.54, 1.807) is 11.8 Å². The van der Waals surface area contributed by atoms with Gasteiger partial charge in [0.25, 0.3) is 11.6 Å². The van der Waals surface area contributed by atoms with E-state index >= 15 is 0 Å². The number of rotatable bonds is 7. The van der Waals surface area contributed by atoms with E-state index < -0.39 is 16.8 Å². The van der Waals surface area contributed by atoms with Crippen LogP contribution in [-0.2, 0) is 14.4 Å². The number of hydrogen-bond donors (Lipinski definition) is 2. The molecule has 238 valence electrons. The highest BCUT2D eigenvalue weighted by Crippen LogP contribution is 2.68. The number of amides is 3. The van der Waals surface area contributed by atoms with Gasteiger partial charge in [-0.25, -0.2) is 0 Å². The number of nitro groups is 1. The molecule has 2 N–H and O–H groups in total. The van der Waals surface area contributed by atoms with E-state index in [0.717, 1.165) is 33.1 Å². The van der Waals surface area contributed by atoms with Gasteiger partial charge in [-0.15, -0.1) is 11.8 Å². The summed E-state index contributed by atoms with van der Waals surface area (Å²) in [6.45, 7) is 1.76. The maximum atomic E-state index is 13.9. The molecule has 11 nitrogen and oxygen atoms in total. The minimum atomic E-state index is -0.514. The minimum Gasteiger partial charge on any atom is -0.484 e. The number of ether oxygens (including phenoxy) is 1. The first-order valence-corrected chi connectivity index (χ1v) is 17.0. The second-order valence-corrected chi connectivity index (χ2v) is 14.7. The molecule has 2 saturated carbocycles. The Morgan fingerprint density at radius 1 is 1.00 bits per heavy atom. The number of thiazole rings is 1. The monoisotopic (exact) mass is 668 g/mol. The van der Waals surface area contributed by atoms with E-state index in [0.29, 0.717) is 11.4 Å². The highest BCUT2D eigenvalue weighted by atomic mass is 32.2. The number of para-hydroxylation sites is 1. The number of imide groups is 1. The van der Waals surface area contributed by atoms with Crippen molar-refractivity contribution in [1.82, 2.24) is 4.98 Å². The summed E-state index contributed by atoms with van der Waals surface area (Å²) in [5.74, 6) is -1.47. The number of carbonyl (C=O) groups excluding carboxylic acids is 3. The number of fused-ring (bicyclic) bond motifs is 9. The normalized spacial score (nSPS) is 26.9. The van der Waals surface area contributed by atoms with E-state index in [2.05, 4.69) is 10.3 Å². The first-order valence-electron chi connectivity index (χ1n) is 15.3. The molecule has 13 heteroatoms. The molecule has 0 radical (unpaired) electrons. The van der Waals surface area contributed by atoms with Gasteiger partial charge in [0.2, 0.25) is 11.8 Å². The topological polar surface area (TPSA) is 152 Å². The van der Waals surface area contributed by atoms with E-state index in [-0.39, 0.29) is 63.8 Å². The number of aryl methyl sites for hydroxylation is 1. The number of benzene rings is 3. The smallest absolute Gasteiger partial charge is 0.305 e. The van der Waals surface area contributed by atoms with Crippen LogP contribution in [0.5, 0.6) is 5.75 Å². The molecular formula is C34H28N4O7S2. The van der Waals surface area contributed by atoms with Crippen molar-refractivity contribution < 1.29 is 24.0 Å². The lowest BCUT2D eigenvalue weighted by molar-refractivity contribution is -0.384. The third-order valence-corrected chi connectivity index (χ3v) is 12.7. The predicted molar refractivity (Wildman–Crippen MR) is 176 cm³/mol. The molecule has 0 unspecified atom stereocenters. The van der Waals surface area contributed by atoms with E-state index in [1.807, 2.05) is 55.5 Å². The second-order valence-electron chi connectivity index (χ2n) is 12.5. The summed E-state index contributed by atoms with van der Waals surface area (Å²) in [4.78, 5) is 68.5. The Morgan fingerprint density at radius 2 is 1.70 bits per heavy atom. The Balaban J connectivity index is 1.05. The summed E-state index contributed by atoms with van der Waals surface area (Å²) in [7, 11) is 0. The highest BCUT2D eigenvalue weighted by molar-refractivity contribution is 8.00. The number of nitro benzene ring substituents is 1. The molecule has 47 heavy (non-hydrogen) atoms. The van der Waals surface area contributed by atoms with Gasteiger partial charge in [0.1, 0.15) is 5.75 Å². The number of anilines is 2. The summed E-state index contributed by atoms with van der Waals surface area (Å²) in [5.41, 5.74) is 2.89. The fourth-order valence-electron chi connectivity index (χ4n) is 8.19. The SMILES string of the molecule is Cc1ccccc1NC(=O)COc1ccc([C@@H]2c3sc(=O)[nH]c3S[C@@H]3[C@@H]4C[C@@H]([C@@H]5C(=O)N(c6ccc([N+](=O)[O-])cc6)C(=O)[C@@H]45)[C@H]23)cc1. The molecule has 2 bridgehead atoms. The van der Waals surface area contributed by atoms with Crippen molar-refractivity contribution in [1.29, 1.82) is 0 Å². The Bertz CT molecular complexity index is 2010. The molecule has 1 aromatic heterocycles. The molecule has 1 saturated heterocycles. The predicted octanol–water partition coefficient (Wildman–Crippen LogP) is 5.35. The number of thioether (sulfide) groups is 1. The van der Waals surface area contributed by atoms with Crippen LogP contribution >= 0.6 is 23.1 Å². The van der Waals surface area contributed by atoms with Gasteiger partial charge in [0.05, 0.1) is 27.5 Å². The lowest BCUT2D eigenvalue weighted by Crippen LogP contribution is -2.42. The van der Waals surface area contributed by atoms with Crippen molar-refractivity contribution >= 4 is 57.9 Å². The Labute approximate surface area is 276 Å².